The molecule has 0 saturated carbocycles. The normalized spacial score (nSPS) is 41.5. The molecule has 3 unspecified atom stereocenters. The number of hydrogen-bond donors (Lipinski definition) is 4. The second-order valence-corrected chi connectivity index (χ2v) is 3.32. The van der Waals surface area contributed by atoms with Gasteiger partial charge >= 0.3 is 0 Å². The molecule has 6 heteroatoms. The summed E-state index contributed by atoms with van der Waals surface area (Å²) >= 11 is 0. The van der Waals surface area contributed by atoms with Gasteiger partial charge in [-0.15, -0.1) is 6.58 Å². The van der Waals surface area contributed by atoms with E-state index < -0.39 is 37.3 Å². The summed E-state index contributed by atoms with van der Waals surface area (Å²) < 4.78 is 10.1. The van der Waals surface area contributed by atoms with E-state index in [4.69, 9.17) is 14.6 Å². The molecule has 5 atom stereocenters. The fourth-order valence-corrected chi connectivity index (χ4v) is 1.37. The molecule has 1 rings (SSSR count). The van der Waals surface area contributed by atoms with Gasteiger partial charge in [-0.25, -0.2) is 0 Å². The molecule has 4 N–H and O–H groups in total. The zero-order chi connectivity index (χ0) is 11.4. The topological polar surface area (TPSA) is 99.4 Å². The molecule has 1 aliphatic rings. The van der Waals surface area contributed by atoms with Crippen LogP contribution in [0.2, 0.25) is 0 Å². The summed E-state index contributed by atoms with van der Waals surface area (Å²) in [6.07, 6.45) is -4.64. The van der Waals surface area contributed by atoms with Crippen molar-refractivity contribution in [3.63, 3.8) is 0 Å². The highest BCUT2D eigenvalue weighted by Gasteiger charge is 2.43. The summed E-state index contributed by atoms with van der Waals surface area (Å²) in [4.78, 5) is 0. The lowest BCUT2D eigenvalue weighted by molar-refractivity contribution is -0.298. The molecule has 0 aliphatic carbocycles. The molecule has 1 fully saturated rings. The fraction of sp³-hybridized carbons (Fsp3) is 0.778. The quantitative estimate of drug-likeness (QED) is 0.408. The van der Waals surface area contributed by atoms with Gasteiger partial charge in [0.05, 0.1) is 13.2 Å². The molecule has 1 aliphatic heterocycles. The van der Waals surface area contributed by atoms with Crippen LogP contribution in [0.3, 0.4) is 0 Å². The molecule has 0 amide bonds. The van der Waals surface area contributed by atoms with Gasteiger partial charge in [0.15, 0.2) is 6.29 Å². The van der Waals surface area contributed by atoms with Crippen molar-refractivity contribution in [2.24, 2.45) is 0 Å². The smallest absolute Gasteiger partial charge is 0.187 e. The third-order valence-electron chi connectivity index (χ3n) is 2.23. The minimum atomic E-state index is -1.40. The van der Waals surface area contributed by atoms with E-state index >= 15 is 0 Å². The van der Waals surface area contributed by atoms with Crippen molar-refractivity contribution < 1.29 is 29.9 Å². The standard InChI is InChI=1S/C9H16O6/c1-2-3-14-9-8(13)7(12)6(11)5(4-10)15-9/h2,5-13H,1,3-4H2/t5?,6-,7?,8?,9+/m1/s1. The molecule has 88 valence electrons. The highest BCUT2D eigenvalue weighted by atomic mass is 16.7. The molecule has 0 aromatic carbocycles. The molecule has 6 nitrogen and oxygen atoms in total. The highest BCUT2D eigenvalue weighted by Crippen LogP contribution is 2.21. The van der Waals surface area contributed by atoms with Crippen LogP contribution in [0.15, 0.2) is 12.7 Å². The van der Waals surface area contributed by atoms with Crippen LogP contribution in [0, 0.1) is 0 Å². The maximum atomic E-state index is 9.47. The van der Waals surface area contributed by atoms with Crippen LogP contribution >= 0.6 is 0 Å². The Hall–Kier alpha value is -0.500. The van der Waals surface area contributed by atoms with Crippen molar-refractivity contribution in [1.82, 2.24) is 0 Å². The third-order valence-corrected chi connectivity index (χ3v) is 2.23. The third kappa shape index (κ3) is 2.75. The predicted molar refractivity (Wildman–Crippen MR) is 49.9 cm³/mol. The zero-order valence-electron chi connectivity index (χ0n) is 8.19. The van der Waals surface area contributed by atoms with E-state index in [1.165, 1.54) is 6.08 Å². The SMILES string of the molecule is C=CCO[C@H]1OC(CO)[C@@H](O)C(O)C1O. The lowest BCUT2D eigenvalue weighted by Crippen LogP contribution is -2.59. The van der Waals surface area contributed by atoms with Crippen LogP contribution in [-0.4, -0.2) is 64.3 Å². The van der Waals surface area contributed by atoms with E-state index in [0.717, 1.165) is 0 Å². The number of ether oxygens (including phenoxy) is 2. The maximum absolute atomic E-state index is 9.47. The van der Waals surface area contributed by atoms with Crippen LogP contribution in [0.25, 0.3) is 0 Å². The molecule has 1 heterocycles. The van der Waals surface area contributed by atoms with Gasteiger partial charge in [-0.2, -0.15) is 0 Å². The molecule has 0 spiro atoms. The monoisotopic (exact) mass is 220 g/mol. The zero-order valence-corrected chi connectivity index (χ0v) is 8.19. The summed E-state index contributed by atoms with van der Waals surface area (Å²) in [5.41, 5.74) is 0. The van der Waals surface area contributed by atoms with Gasteiger partial charge in [-0.3, -0.25) is 0 Å². The highest BCUT2D eigenvalue weighted by molar-refractivity contribution is 4.89. The first-order valence-electron chi connectivity index (χ1n) is 4.64. The first kappa shape index (κ1) is 12.6. The van der Waals surface area contributed by atoms with E-state index in [9.17, 15) is 15.3 Å². The average Bonchev–Trinajstić information content (AvgIpc) is 2.25. The minimum absolute atomic E-state index is 0.142. The number of aliphatic hydroxyl groups excluding tert-OH is 4. The van der Waals surface area contributed by atoms with Gasteiger partial charge in [-0.1, -0.05) is 6.08 Å². The summed E-state index contributed by atoms with van der Waals surface area (Å²) in [6, 6.07) is 0. The Morgan fingerprint density at radius 1 is 1.20 bits per heavy atom. The Morgan fingerprint density at radius 3 is 2.40 bits per heavy atom. The van der Waals surface area contributed by atoms with Crippen LogP contribution < -0.4 is 0 Å². The molecule has 0 radical (unpaired) electrons. The summed E-state index contributed by atoms with van der Waals surface area (Å²) in [6.45, 7) is 3.10. The van der Waals surface area contributed by atoms with Crippen molar-refractivity contribution in [2.75, 3.05) is 13.2 Å². The Morgan fingerprint density at radius 2 is 1.87 bits per heavy atom. The van der Waals surface area contributed by atoms with Crippen LogP contribution in [0.4, 0.5) is 0 Å². The summed E-state index contributed by atoms with van der Waals surface area (Å²) in [7, 11) is 0. The maximum Gasteiger partial charge on any atom is 0.187 e. The van der Waals surface area contributed by atoms with Crippen molar-refractivity contribution in [3.8, 4) is 0 Å². The van der Waals surface area contributed by atoms with Crippen molar-refractivity contribution in [2.45, 2.75) is 30.7 Å². The predicted octanol–water partition coefficient (Wildman–Crippen LogP) is -2.01. The first-order valence-corrected chi connectivity index (χ1v) is 4.64. The summed E-state index contributed by atoms with van der Waals surface area (Å²) in [5.74, 6) is 0. The second kappa shape index (κ2) is 5.55. The van der Waals surface area contributed by atoms with E-state index in [1.807, 2.05) is 0 Å². The van der Waals surface area contributed by atoms with E-state index in [2.05, 4.69) is 6.58 Å². The summed E-state index contributed by atoms with van der Waals surface area (Å²) in [5, 5.41) is 37.1. The molecule has 0 aromatic rings. The molecular formula is C9H16O6. The lowest BCUT2D eigenvalue weighted by Gasteiger charge is -2.39. The molecule has 1 saturated heterocycles. The van der Waals surface area contributed by atoms with Gasteiger partial charge in [0.25, 0.3) is 0 Å². The van der Waals surface area contributed by atoms with E-state index in [1.54, 1.807) is 0 Å². The first-order chi connectivity index (χ1) is 7.11. The number of hydrogen-bond acceptors (Lipinski definition) is 6. The number of rotatable bonds is 4. The lowest BCUT2D eigenvalue weighted by atomic mass is 9.99. The Bertz CT molecular complexity index is 207. The molecule has 0 bridgehead atoms. The van der Waals surface area contributed by atoms with Gasteiger partial charge < -0.3 is 29.9 Å². The molecular weight excluding hydrogens is 204 g/mol. The van der Waals surface area contributed by atoms with Crippen molar-refractivity contribution in [3.05, 3.63) is 12.7 Å². The average molecular weight is 220 g/mol. The van der Waals surface area contributed by atoms with Crippen LogP contribution in [0.5, 0.6) is 0 Å². The van der Waals surface area contributed by atoms with E-state index in [-0.39, 0.29) is 6.61 Å². The van der Waals surface area contributed by atoms with Crippen LogP contribution in [0.1, 0.15) is 0 Å². The van der Waals surface area contributed by atoms with Gasteiger partial charge in [0, 0.05) is 0 Å². The van der Waals surface area contributed by atoms with Crippen LogP contribution in [-0.2, 0) is 9.47 Å². The van der Waals surface area contributed by atoms with E-state index in [0.29, 0.717) is 0 Å². The molecule has 0 aromatic heterocycles. The van der Waals surface area contributed by atoms with Gasteiger partial charge in [-0.05, 0) is 0 Å². The Kier molecular flexibility index (Phi) is 4.65. The Labute approximate surface area is 87.4 Å². The van der Waals surface area contributed by atoms with Crippen molar-refractivity contribution in [1.29, 1.82) is 0 Å². The van der Waals surface area contributed by atoms with Crippen molar-refractivity contribution >= 4 is 0 Å². The largest absolute Gasteiger partial charge is 0.394 e. The second-order valence-electron chi connectivity index (χ2n) is 3.32. The minimum Gasteiger partial charge on any atom is -0.394 e. The number of aliphatic hydroxyl groups is 4. The molecule has 15 heavy (non-hydrogen) atoms. The van der Waals surface area contributed by atoms with Gasteiger partial charge in [0.1, 0.15) is 24.4 Å². The fourth-order valence-electron chi connectivity index (χ4n) is 1.37. The Balaban J connectivity index is 2.60. The van der Waals surface area contributed by atoms with Gasteiger partial charge in [0.2, 0.25) is 0 Å².